The number of hydrogen-bond acceptors (Lipinski definition) is 5. The summed E-state index contributed by atoms with van der Waals surface area (Å²) >= 11 is 0. The van der Waals surface area contributed by atoms with Gasteiger partial charge in [-0.2, -0.15) is 0 Å². The third kappa shape index (κ3) is 2.62. The Hall–Kier alpha value is -1.63. The molecule has 0 bridgehead atoms. The van der Waals surface area contributed by atoms with Crippen LogP contribution < -0.4 is 4.74 Å². The average molecular weight is 293 g/mol. The van der Waals surface area contributed by atoms with Crippen LogP contribution in [0.5, 0.6) is 5.75 Å². The van der Waals surface area contributed by atoms with Crippen molar-refractivity contribution in [2.45, 2.75) is 37.4 Å². The first-order chi connectivity index (χ1) is 10.1. The summed E-state index contributed by atoms with van der Waals surface area (Å²) in [5, 5.41) is 19.6. The van der Waals surface area contributed by atoms with Crippen molar-refractivity contribution >= 4 is 5.91 Å². The van der Waals surface area contributed by atoms with Crippen LogP contribution in [0, 0.1) is 0 Å². The molecule has 114 valence electrons. The molecule has 1 aromatic carbocycles. The number of ether oxygens (including phenoxy) is 2. The monoisotopic (exact) mass is 293 g/mol. The smallest absolute Gasteiger partial charge is 0.225 e. The van der Waals surface area contributed by atoms with Gasteiger partial charge in [-0.25, -0.2) is 0 Å². The summed E-state index contributed by atoms with van der Waals surface area (Å²) in [6, 6.07) is 7.05. The van der Waals surface area contributed by atoms with Crippen molar-refractivity contribution in [3.63, 3.8) is 0 Å². The van der Waals surface area contributed by atoms with Crippen molar-refractivity contribution in [3.8, 4) is 5.75 Å². The third-order valence-corrected chi connectivity index (χ3v) is 4.19. The van der Waals surface area contributed by atoms with Gasteiger partial charge in [-0.05, 0) is 17.7 Å². The quantitative estimate of drug-likeness (QED) is 0.811. The molecule has 2 aliphatic heterocycles. The van der Waals surface area contributed by atoms with Gasteiger partial charge in [-0.15, -0.1) is 0 Å². The molecular weight excluding hydrogens is 274 g/mol. The highest BCUT2D eigenvalue weighted by Crippen LogP contribution is 2.32. The van der Waals surface area contributed by atoms with Gasteiger partial charge in [0.25, 0.3) is 0 Å². The van der Waals surface area contributed by atoms with Crippen molar-refractivity contribution in [1.82, 2.24) is 4.90 Å². The number of fused-ring (bicyclic) bond motifs is 1. The van der Waals surface area contributed by atoms with E-state index in [-0.39, 0.29) is 25.0 Å². The summed E-state index contributed by atoms with van der Waals surface area (Å²) in [7, 11) is 1.61. The van der Waals surface area contributed by atoms with E-state index in [1.165, 1.54) is 4.90 Å². The van der Waals surface area contributed by atoms with E-state index in [4.69, 9.17) is 9.47 Å². The van der Waals surface area contributed by atoms with Crippen molar-refractivity contribution < 1.29 is 24.5 Å². The molecule has 6 heteroatoms. The number of nitrogens with zero attached hydrogens (tertiary/aromatic N) is 1. The van der Waals surface area contributed by atoms with E-state index >= 15 is 0 Å². The van der Waals surface area contributed by atoms with Crippen LogP contribution in [0.3, 0.4) is 0 Å². The third-order valence-electron chi connectivity index (χ3n) is 4.19. The van der Waals surface area contributed by atoms with Crippen LogP contribution in [0.25, 0.3) is 0 Å². The Morgan fingerprint density at radius 2 is 2.00 bits per heavy atom. The number of carbonyl (C=O) groups is 1. The van der Waals surface area contributed by atoms with Gasteiger partial charge in [0.05, 0.1) is 38.4 Å². The lowest BCUT2D eigenvalue weighted by Gasteiger charge is -2.23. The van der Waals surface area contributed by atoms with E-state index in [2.05, 4.69) is 0 Å². The van der Waals surface area contributed by atoms with Crippen LogP contribution in [0.4, 0.5) is 0 Å². The van der Waals surface area contributed by atoms with E-state index < -0.39 is 18.2 Å². The standard InChI is InChI=1S/C15H19NO5/c1-20-10-4-2-9(3-5-10)8-21-12-6-13(18)16-7-11(17)15(19)14(12)16/h2-5,11-12,14-15,17,19H,6-8H2,1H3/t11-,12-,14+,15-/m0/s1. The van der Waals surface area contributed by atoms with Gasteiger partial charge >= 0.3 is 0 Å². The summed E-state index contributed by atoms with van der Waals surface area (Å²) < 4.78 is 10.9. The maximum absolute atomic E-state index is 11.9. The van der Waals surface area contributed by atoms with E-state index in [0.29, 0.717) is 6.61 Å². The Kier molecular flexibility index (Phi) is 3.84. The zero-order valence-electron chi connectivity index (χ0n) is 11.8. The maximum Gasteiger partial charge on any atom is 0.225 e. The first kappa shape index (κ1) is 14.3. The fourth-order valence-corrected chi connectivity index (χ4v) is 3.02. The zero-order chi connectivity index (χ0) is 15.0. The van der Waals surface area contributed by atoms with E-state index in [0.717, 1.165) is 11.3 Å². The van der Waals surface area contributed by atoms with Gasteiger partial charge in [0.1, 0.15) is 11.9 Å². The molecule has 21 heavy (non-hydrogen) atoms. The number of benzene rings is 1. The fraction of sp³-hybridized carbons (Fsp3) is 0.533. The van der Waals surface area contributed by atoms with Crippen LogP contribution >= 0.6 is 0 Å². The molecular formula is C15H19NO5. The highest BCUT2D eigenvalue weighted by molar-refractivity contribution is 5.80. The summed E-state index contributed by atoms with van der Waals surface area (Å²) in [5.74, 6) is 0.700. The summed E-state index contributed by atoms with van der Waals surface area (Å²) in [5.41, 5.74) is 0.967. The molecule has 0 saturated carbocycles. The van der Waals surface area contributed by atoms with Crippen molar-refractivity contribution in [3.05, 3.63) is 29.8 Å². The Bertz CT molecular complexity index is 517. The Morgan fingerprint density at radius 1 is 1.29 bits per heavy atom. The summed E-state index contributed by atoms with van der Waals surface area (Å²) in [6.45, 7) is 0.544. The molecule has 0 spiro atoms. The molecule has 2 aliphatic rings. The van der Waals surface area contributed by atoms with Gasteiger partial charge in [0.2, 0.25) is 5.91 Å². The lowest BCUT2D eigenvalue weighted by molar-refractivity contribution is -0.128. The lowest BCUT2D eigenvalue weighted by Crippen LogP contribution is -2.40. The number of aliphatic hydroxyl groups is 2. The Labute approximate surface area is 122 Å². The van der Waals surface area contributed by atoms with Gasteiger partial charge in [-0.1, -0.05) is 12.1 Å². The second-order valence-electron chi connectivity index (χ2n) is 5.50. The van der Waals surface area contributed by atoms with E-state index in [9.17, 15) is 15.0 Å². The van der Waals surface area contributed by atoms with Gasteiger partial charge in [0.15, 0.2) is 0 Å². The number of carbonyl (C=O) groups excluding carboxylic acids is 1. The average Bonchev–Trinajstić information content (AvgIpc) is 2.96. The molecule has 0 unspecified atom stereocenters. The first-order valence-corrected chi connectivity index (χ1v) is 7.00. The van der Waals surface area contributed by atoms with E-state index in [1.54, 1.807) is 7.11 Å². The highest BCUT2D eigenvalue weighted by Gasteiger charge is 2.52. The van der Waals surface area contributed by atoms with Crippen molar-refractivity contribution in [2.24, 2.45) is 0 Å². The van der Waals surface area contributed by atoms with Crippen LogP contribution in [-0.2, 0) is 16.1 Å². The minimum Gasteiger partial charge on any atom is -0.497 e. The number of rotatable bonds is 4. The molecule has 1 amide bonds. The molecule has 3 rings (SSSR count). The van der Waals surface area contributed by atoms with Crippen LogP contribution in [-0.4, -0.2) is 59.0 Å². The highest BCUT2D eigenvalue weighted by atomic mass is 16.5. The minimum absolute atomic E-state index is 0.0738. The largest absolute Gasteiger partial charge is 0.497 e. The van der Waals surface area contributed by atoms with Crippen molar-refractivity contribution in [1.29, 1.82) is 0 Å². The van der Waals surface area contributed by atoms with Crippen molar-refractivity contribution in [2.75, 3.05) is 13.7 Å². The predicted octanol–water partition coefficient (Wildman–Crippen LogP) is -0.0833. The second-order valence-corrected chi connectivity index (χ2v) is 5.50. The van der Waals surface area contributed by atoms with E-state index in [1.807, 2.05) is 24.3 Å². The molecule has 0 radical (unpaired) electrons. The Balaban J connectivity index is 1.63. The van der Waals surface area contributed by atoms with Crippen LogP contribution in [0.2, 0.25) is 0 Å². The van der Waals surface area contributed by atoms with Crippen LogP contribution in [0.15, 0.2) is 24.3 Å². The SMILES string of the molecule is COc1ccc(CO[C@H]2CC(=O)N3C[C@H](O)[C@H](O)[C@@H]23)cc1. The second kappa shape index (κ2) is 5.63. The predicted molar refractivity (Wildman–Crippen MR) is 73.7 cm³/mol. The summed E-state index contributed by atoms with van der Waals surface area (Å²) in [4.78, 5) is 13.4. The first-order valence-electron chi connectivity index (χ1n) is 7.00. The molecule has 4 atom stereocenters. The molecule has 6 nitrogen and oxygen atoms in total. The number of amides is 1. The fourth-order valence-electron chi connectivity index (χ4n) is 3.02. The van der Waals surface area contributed by atoms with Gasteiger partial charge < -0.3 is 24.6 Å². The number of aliphatic hydroxyl groups excluding tert-OH is 2. The summed E-state index contributed by atoms with van der Waals surface area (Å²) in [6.07, 6.45) is -1.94. The van der Waals surface area contributed by atoms with Crippen LogP contribution in [0.1, 0.15) is 12.0 Å². The molecule has 0 aliphatic carbocycles. The molecule has 2 fully saturated rings. The van der Waals surface area contributed by atoms with Gasteiger partial charge in [0, 0.05) is 6.54 Å². The minimum atomic E-state index is -0.933. The topological polar surface area (TPSA) is 79.2 Å². The number of methoxy groups -OCH3 is 1. The molecule has 2 N–H and O–H groups in total. The number of hydrogen-bond donors (Lipinski definition) is 2. The molecule has 2 saturated heterocycles. The molecule has 1 aromatic rings. The molecule has 2 heterocycles. The maximum atomic E-state index is 11.9. The molecule has 0 aromatic heterocycles. The lowest BCUT2D eigenvalue weighted by atomic mass is 10.1. The van der Waals surface area contributed by atoms with Gasteiger partial charge in [-0.3, -0.25) is 4.79 Å². The Morgan fingerprint density at radius 3 is 2.67 bits per heavy atom. The zero-order valence-corrected chi connectivity index (χ0v) is 11.8. The normalized spacial score (nSPS) is 31.6.